The van der Waals surface area contributed by atoms with E-state index in [4.69, 9.17) is 11.6 Å². The average molecular weight is 225 g/mol. The Morgan fingerprint density at radius 2 is 2.07 bits per heavy atom. The standard InChI is InChI=1S/C12H17ClN2/c1-9-6-15(7-10(9)2)8-11-4-3-5-14-12(11)13/h3-5,9-10H,6-8H2,1-2H3. The molecule has 2 heterocycles. The van der Waals surface area contributed by atoms with Gasteiger partial charge >= 0.3 is 0 Å². The molecule has 1 aliphatic heterocycles. The lowest BCUT2D eigenvalue weighted by Gasteiger charge is -2.15. The van der Waals surface area contributed by atoms with Crippen LogP contribution in [0.1, 0.15) is 19.4 Å². The van der Waals surface area contributed by atoms with Crippen LogP contribution in [0.25, 0.3) is 0 Å². The Balaban J connectivity index is 2.01. The van der Waals surface area contributed by atoms with Gasteiger partial charge in [-0.05, 0) is 17.9 Å². The predicted molar refractivity (Wildman–Crippen MR) is 62.9 cm³/mol. The molecule has 2 nitrogen and oxygen atoms in total. The molecule has 15 heavy (non-hydrogen) atoms. The van der Waals surface area contributed by atoms with Crippen LogP contribution in [0.15, 0.2) is 18.3 Å². The van der Waals surface area contributed by atoms with Crippen molar-refractivity contribution in [3.8, 4) is 0 Å². The van der Waals surface area contributed by atoms with Crippen molar-refractivity contribution in [3.63, 3.8) is 0 Å². The number of aromatic nitrogens is 1. The monoisotopic (exact) mass is 224 g/mol. The van der Waals surface area contributed by atoms with E-state index in [0.717, 1.165) is 23.9 Å². The highest BCUT2D eigenvalue weighted by Gasteiger charge is 2.26. The van der Waals surface area contributed by atoms with Crippen LogP contribution >= 0.6 is 11.6 Å². The molecule has 1 aromatic rings. The minimum atomic E-state index is 0.643. The van der Waals surface area contributed by atoms with E-state index in [1.807, 2.05) is 6.07 Å². The molecule has 0 amide bonds. The van der Waals surface area contributed by atoms with Crippen molar-refractivity contribution in [1.29, 1.82) is 0 Å². The van der Waals surface area contributed by atoms with Gasteiger partial charge in [0, 0.05) is 31.4 Å². The molecule has 0 spiro atoms. The maximum atomic E-state index is 6.04. The van der Waals surface area contributed by atoms with Crippen LogP contribution in [0.4, 0.5) is 0 Å². The van der Waals surface area contributed by atoms with Crippen LogP contribution in [-0.4, -0.2) is 23.0 Å². The van der Waals surface area contributed by atoms with E-state index in [9.17, 15) is 0 Å². The highest BCUT2D eigenvalue weighted by Crippen LogP contribution is 2.24. The lowest BCUT2D eigenvalue weighted by Crippen LogP contribution is -2.20. The van der Waals surface area contributed by atoms with Crippen molar-refractivity contribution in [2.45, 2.75) is 20.4 Å². The quantitative estimate of drug-likeness (QED) is 0.719. The third kappa shape index (κ3) is 2.50. The molecule has 1 aliphatic rings. The minimum Gasteiger partial charge on any atom is -0.298 e. The minimum absolute atomic E-state index is 0.643. The Bertz CT molecular complexity index is 330. The fraction of sp³-hybridized carbons (Fsp3) is 0.583. The normalized spacial score (nSPS) is 27.1. The van der Waals surface area contributed by atoms with Gasteiger partial charge in [-0.2, -0.15) is 0 Å². The van der Waals surface area contributed by atoms with Crippen molar-refractivity contribution in [2.24, 2.45) is 11.8 Å². The molecule has 3 heteroatoms. The molecule has 1 aromatic heterocycles. The molecule has 2 unspecified atom stereocenters. The Labute approximate surface area is 96.3 Å². The van der Waals surface area contributed by atoms with Gasteiger partial charge in [0.1, 0.15) is 5.15 Å². The second kappa shape index (κ2) is 4.50. The van der Waals surface area contributed by atoms with Gasteiger partial charge in [0.05, 0.1) is 0 Å². The third-order valence-electron chi connectivity index (χ3n) is 3.29. The summed E-state index contributed by atoms with van der Waals surface area (Å²) < 4.78 is 0. The summed E-state index contributed by atoms with van der Waals surface area (Å²) in [5, 5.41) is 0.643. The summed E-state index contributed by atoms with van der Waals surface area (Å²) in [4.78, 5) is 6.55. The van der Waals surface area contributed by atoms with Gasteiger partial charge in [-0.15, -0.1) is 0 Å². The van der Waals surface area contributed by atoms with Crippen molar-refractivity contribution >= 4 is 11.6 Å². The molecule has 0 N–H and O–H groups in total. The lowest BCUT2D eigenvalue weighted by molar-refractivity contribution is 0.316. The Kier molecular flexibility index (Phi) is 3.27. The molecular formula is C12H17ClN2. The van der Waals surface area contributed by atoms with Gasteiger partial charge in [0.15, 0.2) is 0 Å². The molecule has 1 fully saturated rings. The molecule has 2 atom stereocenters. The van der Waals surface area contributed by atoms with Crippen molar-refractivity contribution in [3.05, 3.63) is 29.0 Å². The summed E-state index contributed by atoms with van der Waals surface area (Å²) >= 11 is 6.04. The smallest absolute Gasteiger partial charge is 0.133 e. The molecule has 0 aliphatic carbocycles. The number of nitrogens with zero attached hydrogens (tertiary/aromatic N) is 2. The molecule has 2 rings (SSSR count). The van der Waals surface area contributed by atoms with E-state index in [1.54, 1.807) is 6.20 Å². The Morgan fingerprint density at radius 3 is 2.67 bits per heavy atom. The van der Waals surface area contributed by atoms with Crippen LogP contribution in [0, 0.1) is 11.8 Å². The zero-order chi connectivity index (χ0) is 10.8. The van der Waals surface area contributed by atoms with Gasteiger partial charge in [-0.25, -0.2) is 4.98 Å². The van der Waals surface area contributed by atoms with E-state index >= 15 is 0 Å². The van der Waals surface area contributed by atoms with Crippen LogP contribution in [-0.2, 0) is 6.54 Å². The van der Waals surface area contributed by atoms with Gasteiger partial charge in [0.25, 0.3) is 0 Å². The number of hydrogen-bond acceptors (Lipinski definition) is 2. The molecule has 0 radical (unpaired) electrons. The number of hydrogen-bond donors (Lipinski definition) is 0. The van der Waals surface area contributed by atoms with Gasteiger partial charge in [-0.3, -0.25) is 4.90 Å². The number of rotatable bonds is 2. The van der Waals surface area contributed by atoms with E-state index in [0.29, 0.717) is 5.15 Å². The van der Waals surface area contributed by atoms with Gasteiger partial charge in [-0.1, -0.05) is 31.5 Å². The van der Waals surface area contributed by atoms with Crippen molar-refractivity contribution < 1.29 is 0 Å². The van der Waals surface area contributed by atoms with Crippen LogP contribution in [0.3, 0.4) is 0 Å². The first-order chi connectivity index (χ1) is 7.16. The fourth-order valence-electron chi connectivity index (χ4n) is 2.16. The van der Waals surface area contributed by atoms with E-state index in [-0.39, 0.29) is 0 Å². The van der Waals surface area contributed by atoms with Gasteiger partial charge in [0.2, 0.25) is 0 Å². The van der Waals surface area contributed by atoms with Gasteiger partial charge < -0.3 is 0 Å². The predicted octanol–water partition coefficient (Wildman–Crippen LogP) is 2.82. The molecular weight excluding hydrogens is 208 g/mol. The summed E-state index contributed by atoms with van der Waals surface area (Å²) in [5.41, 5.74) is 1.14. The SMILES string of the molecule is CC1CN(Cc2cccnc2Cl)CC1C. The number of pyridine rings is 1. The summed E-state index contributed by atoms with van der Waals surface area (Å²) in [6.45, 7) is 7.91. The Hall–Kier alpha value is -0.600. The average Bonchev–Trinajstić information content (AvgIpc) is 2.50. The molecule has 1 saturated heterocycles. The fourth-order valence-corrected chi connectivity index (χ4v) is 2.34. The molecule has 82 valence electrons. The molecule has 0 bridgehead atoms. The highest BCUT2D eigenvalue weighted by atomic mass is 35.5. The summed E-state index contributed by atoms with van der Waals surface area (Å²) in [7, 11) is 0. The maximum absolute atomic E-state index is 6.04. The second-order valence-corrected chi connectivity index (χ2v) is 4.96. The first kappa shape index (κ1) is 10.9. The Morgan fingerprint density at radius 1 is 1.40 bits per heavy atom. The molecule has 0 aromatic carbocycles. The van der Waals surface area contributed by atoms with Crippen LogP contribution < -0.4 is 0 Å². The summed E-state index contributed by atoms with van der Waals surface area (Å²) in [6, 6.07) is 4.01. The maximum Gasteiger partial charge on any atom is 0.133 e. The zero-order valence-electron chi connectivity index (χ0n) is 9.28. The van der Waals surface area contributed by atoms with Crippen molar-refractivity contribution in [2.75, 3.05) is 13.1 Å². The zero-order valence-corrected chi connectivity index (χ0v) is 10.0. The first-order valence-corrected chi connectivity index (χ1v) is 5.86. The third-order valence-corrected chi connectivity index (χ3v) is 3.63. The summed E-state index contributed by atoms with van der Waals surface area (Å²) in [5.74, 6) is 1.58. The van der Waals surface area contributed by atoms with Crippen molar-refractivity contribution in [1.82, 2.24) is 9.88 Å². The highest BCUT2D eigenvalue weighted by molar-refractivity contribution is 6.30. The van der Waals surface area contributed by atoms with E-state index in [1.165, 1.54) is 13.1 Å². The van der Waals surface area contributed by atoms with E-state index in [2.05, 4.69) is 29.8 Å². The summed E-state index contributed by atoms with van der Waals surface area (Å²) in [6.07, 6.45) is 1.74. The molecule has 0 saturated carbocycles. The topological polar surface area (TPSA) is 16.1 Å². The number of halogens is 1. The lowest BCUT2D eigenvalue weighted by atomic mass is 10.0. The first-order valence-electron chi connectivity index (χ1n) is 5.48. The largest absolute Gasteiger partial charge is 0.298 e. The van der Waals surface area contributed by atoms with E-state index < -0.39 is 0 Å². The van der Waals surface area contributed by atoms with Crippen LogP contribution in [0.2, 0.25) is 5.15 Å². The van der Waals surface area contributed by atoms with Crippen LogP contribution in [0.5, 0.6) is 0 Å². The second-order valence-electron chi connectivity index (χ2n) is 4.60. The number of likely N-dealkylation sites (tertiary alicyclic amines) is 1.